The van der Waals surface area contributed by atoms with Crippen molar-refractivity contribution in [3.05, 3.63) is 0 Å². The lowest BCUT2D eigenvalue weighted by molar-refractivity contribution is -0.129. The summed E-state index contributed by atoms with van der Waals surface area (Å²) in [6, 6.07) is 0. The maximum atomic E-state index is 11.1. The van der Waals surface area contributed by atoms with E-state index < -0.39 is 0 Å². The van der Waals surface area contributed by atoms with E-state index in [4.69, 9.17) is 0 Å². The summed E-state index contributed by atoms with van der Waals surface area (Å²) in [6.07, 6.45) is 14.2. The molecule has 1 aliphatic carbocycles. The highest BCUT2D eigenvalue weighted by atomic mass is 16.1. The molecular weight excluding hydrogens is 184 g/mol. The topological polar surface area (TPSA) is 17.1 Å². The molecule has 0 aromatic heterocycles. The first kappa shape index (κ1) is 12.7. The second-order valence-electron chi connectivity index (χ2n) is 4.97. The standard InChI is InChI=1S/C14H26O/c1-2-3-4-5-6-7-8-9-10-13-11-12-14(13)15/h13H,2-12H2,1H3. The molecule has 0 radical (unpaired) electrons. The summed E-state index contributed by atoms with van der Waals surface area (Å²) in [5.41, 5.74) is 0. The second kappa shape index (κ2) is 7.90. The van der Waals surface area contributed by atoms with Crippen LogP contribution >= 0.6 is 0 Å². The van der Waals surface area contributed by atoms with Crippen molar-refractivity contribution in [3.63, 3.8) is 0 Å². The Morgan fingerprint density at radius 1 is 1.00 bits per heavy atom. The molecule has 1 aliphatic rings. The van der Waals surface area contributed by atoms with Crippen molar-refractivity contribution in [2.45, 2.75) is 77.6 Å². The van der Waals surface area contributed by atoms with E-state index in [1.54, 1.807) is 0 Å². The zero-order valence-corrected chi connectivity index (χ0v) is 10.3. The van der Waals surface area contributed by atoms with Crippen molar-refractivity contribution in [1.82, 2.24) is 0 Å². The van der Waals surface area contributed by atoms with Crippen LogP contribution in [0.2, 0.25) is 0 Å². The van der Waals surface area contributed by atoms with Crippen molar-refractivity contribution in [2.24, 2.45) is 5.92 Å². The number of carbonyl (C=O) groups excluding carboxylic acids is 1. The van der Waals surface area contributed by atoms with E-state index in [2.05, 4.69) is 6.92 Å². The second-order valence-corrected chi connectivity index (χ2v) is 4.97. The van der Waals surface area contributed by atoms with Gasteiger partial charge in [-0.05, 0) is 12.8 Å². The number of Topliss-reactive ketones (excluding diaryl/α,β-unsaturated/α-hetero) is 1. The van der Waals surface area contributed by atoms with Crippen LogP contribution in [-0.2, 0) is 4.79 Å². The maximum Gasteiger partial charge on any atom is 0.136 e. The third kappa shape index (κ3) is 5.34. The SMILES string of the molecule is CCCCCCCCCCC1CCC1=O. The molecule has 0 aliphatic heterocycles. The number of carbonyl (C=O) groups is 1. The maximum absolute atomic E-state index is 11.1. The van der Waals surface area contributed by atoms with Gasteiger partial charge in [0, 0.05) is 12.3 Å². The summed E-state index contributed by atoms with van der Waals surface area (Å²) in [4.78, 5) is 11.1. The van der Waals surface area contributed by atoms with Gasteiger partial charge < -0.3 is 0 Å². The van der Waals surface area contributed by atoms with Crippen LogP contribution in [0.4, 0.5) is 0 Å². The molecule has 0 aromatic carbocycles. The van der Waals surface area contributed by atoms with Gasteiger partial charge in [-0.3, -0.25) is 4.79 Å². The summed E-state index contributed by atoms with van der Waals surface area (Å²) < 4.78 is 0. The van der Waals surface area contributed by atoms with E-state index in [1.165, 1.54) is 64.2 Å². The van der Waals surface area contributed by atoms with Gasteiger partial charge in [0.2, 0.25) is 0 Å². The van der Waals surface area contributed by atoms with Gasteiger partial charge in [-0.15, -0.1) is 0 Å². The predicted molar refractivity (Wildman–Crippen MR) is 65.0 cm³/mol. The summed E-state index contributed by atoms with van der Waals surface area (Å²) in [7, 11) is 0. The van der Waals surface area contributed by atoms with Crippen molar-refractivity contribution in [2.75, 3.05) is 0 Å². The zero-order valence-electron chi connectivity index (χ0n) is 10.3. The fourth-order valence-electron chi connectivity index (χ4n) is 2.30. The van der Waals surface area contributed by atoms with E-state index in [-0.39, 0.29) is 0 Å². The highest BCUT2D eigenvalue weighted by Gasteiger charge is 2.26. The molecular formula is C14H26O. The van der Waals surface area contributed by atoms with E-state index in [9.17, 15) is 4.79 Å². The Kier molecular flexibility index (Phi) is 6.71. The highest BCUT2D eigenvalue weighted by Crippen LogP contribution is 2.27. The molecule has 15 heavy (non-hydrogen) atoms. The number of unbranched alkanes of at least 4 members (excludes halogenated alkanes) is 7. The van der Waals surface area contributed by atoms with E-state index >= 15 is 0 Å². The van der Waals surface area contributed by atoms with E-state index in [0.29, 0.717) is 11.7 Å². The van der Waals surface area contributed by atoms with Gasteiger partial charge in [-0.2, -0.15) is 0 Å². The van der Waals surface area contributed by atoms with Crippen LogP contribution in [0.3, 0.4) is 0 Å². The Labute approximate surface area is 94.6 Å². The average molecular weight is 210 g/mol. The molecule has 0 amide bonds. The third-order valence-corrected chi connectivity index (χ3v) is 3.60. The van der Waals surface area contributed by atoms with Gasteiger partial charge >= 0.3 is 0 Å². The quantitative estimate of drug-likeness (QED) is 0.512. The molecule has 0 spiro atoms. The van der Waals surface area contributed by atoms with Crippen molar-refractivity contribution in [1.29, 1.82) is 0 Å². The fourth-order valence-corrected chi connectivity index (χ4v) is 2.30. The summed E-state index contributed by atoms with van der Waals surface area (Å²) in [6.45, 7) is 2.26. The van der Waals surface area contributed by atoms with Crippen molar-refractivity contribution >= 4 is 5.78 Å². The lowest BCUT2D eigenvalue weighted by atomic mass is 9.80. The minimum absolute atomic E-state index is 0.463. The van der Waals surface area contributed by atoms with Crippen LogP contribution < -0.4 is 0 Å². The molecule has 1 unspecified atom stereocenters. The first-order valence-electron chi connectivity index (χ1n) is 6.87. The van der Waals surface area contributed by atoms with Crippen LogP contribution in [-0.4, -0.2) is 5.78 Å². The molecule has 88 valence electrons. The number of rotatable bonds is 9. The molecule has 0 heterocycles. The van der Waals surface area contributed by atoms with Crippen LogP contribution in [0.5, 0.6) is 0 Å². The van der Waals surface area contributed by atoms with Crippen molar-refractivity contribution in [3.8, 4) is 0 Å². The molecule has 1 rings (SSSR count). The minimum atomic E-state index is 0.463. The Morgan fingerprint density at radius 3 is 2.07 bits per heavy atom. The monoisotopic (exact) mass is 210 g/mol. The van der Waals surface area contributed by atoms with Gasteiger partial charge in [0.05, 0.1) is 0 Å². The minimum Gasteiger partial charge on any atom is -0.299 e. The summed E-state index contributed by atoms with van der Waals surface area (Å²) in [5, 5.41) is 0. The summed E-state index contributed by atoms with van der Waals surface area (Å²) in [5.74, 6) is 0.989. The number of hydrogen-bond acceptors (Lipinski definition) is 1. The van der Waals surface area contributed by atoms with Gasteiger partial charge in [-0.25, -0.2) is 0 Å². The van der Waals surface area contributed by atoms with Crippen LogP contribution in [0.25, 0.3) is 0 Å². The summed E-state index contributed by atoms with van der Waals surface area (Å²) >= 11 is 0. The van der Waals surface area contributed by atoms with Gasteiger partial charge in [0.25, 0.3) is 0 Å². The van der Waals surface area contributed by atoms with E-state index in [0.717, 1.165) is 6.42 Å². The Balaban J connectivity index is 1.75. The average Bonchev–Trinajstić information content (AvgIpc) is 2.25. The third-order valence-electron chi connectivity index (χ3n) is 3.60. The molecule has 0 N–H and O–H groups in total. The van der Waals surface area contributed by atoms with Crippen LogP contribution in [0.15, 0.2) is 0 Å². The lowest BCUT2D eigenvalue weighted by Crippen LogP contribution is -2.25. The predicted octanol–water partition coefficient (Wildman–Crippen LogP) is 4.50. The molecule has 0 bridgehead atoms. The van der Waals surface area contributed by atoms with Crippen molar-refractivity contribution < 1.29 is 4.79 Å². The van der Waals surface area contributed by atoms with Crippen LogP contribution in [0, 0.1) is 5.92 Å². The molecule has 1 fully saturated rings. The zero-order chi connectivity index (χ0) is 10.9. The number of ketones is 1. The Hall–Kier alpha value is -0.330. The van der Waals surface area contributed by atoms with E-state index in [1.807, 2.05) is 0 Å². The van der Waals surface area contributed by atoms with Gasteiger partial charge in [0.1, 0.15) is 5.78 Å². The molecule has 0 aromatic rings. The Bertz CT molecular complexity index is 174. The Morgan fingerprint density at radius 2 is 1.60 bits per heavy atom. The first-order chi connectivity index (χ1) is 7.34. The molecule has 1 saturated carbocycles. The van der Waals surface area contributed by atoms with Crippen LogP contribution in [0.1, 0.15) is 77.6 Å². The molecule has 1 atom stereocenters. The largest absolute Gasteiger partial charge is 0.299 e. The smallest absolute Gasteiger partial charge is 0.136 e. The lowest BCUT2D eigenvalue weighted by Gasteiger charge is -2.23. The van der Waals surface area contributed by atoms with Gasteiger partial charge in [0.15, 0.2) is 0 Å². The first-order valence-corrected chi connectivity index (χ1v) is 6.87. The number of hydrogen-bond donors (Lipinski definition) is 0. The molecule has 0 saturated heterocycles. The molecule has 1 nitrogen and oxygen atoms in total. The molecule has 1 heteroatoms. The fraction of sp³-hybridized carbons (Fsp3) is 0.929. The van der Waals surface area contributed by atoms with Gasteiger partial charge in [-0.1, -0.05) is 58.3 Å². The normalized spacial score (nSPS) is 20.3. The highest BCUT2D eigenvalue weighted by molar-refractivity contribution is 5.86.